The third-order valence-corrected chi connectivity index (χ3v) is 4.75. The van der Waals surface area contributed by atoms with Gasteiger partial charge in [-0.3, -0.25) is 4.79 Å². The van der Waals surface area contributed by atoms with E-state index in [1.54, 1.807) is 11.0 Å². The number of rotatable bonds is 4. The van der Waals surface area contributed by atoms with E-state index in [2.05, 4.69) is 15.3 Å². The van der Waals surface area contributed by atoms with Crippen LogP contribution >= 0.6 is 0 Å². The third-order valence-electron chi connectivity index (χ3n) is 4.75. The van der Waals surface area contributed by atoms with Crippen molar-refractivity contribution in [2.45, 2.75) is 18.2 Å². The number of anilines is 1. The van der Waals surface area contributed by atoms with E-state index in [4.69, 9.17) is 15.2 Å². The Hall–Kier alpha value is -3.17. The maximum absolute atomic E-state index is 13.7. The summed E-state index contributed by atoms with van der Waals surface area (Å²) in [6.07, 6.45) is 0.195. The van der Waals surface area contributed by atoms with E-state index in [9.17, 15) is 14.0 Å². The molecular formula is C16H16FN5O4. The average Bonchev–Trinajstić information content (AvgIpc) is 3.15. The predicted octanol–water partition coefficient (Wildman–Crippen LogP) is 0.372. The number of aromatic nitrogens is 2. The van der Waals surface area contributed by atoms with Crippen LogP contribution in [-0.2, 0) is 4.74 Å². The van der Waals surface area contributed by atoms with Gasteiger partial charge in [0.25, 0.3) is 5.91 Å². The van der Waals surface area contributed by atoms with Gasteiger partial charge in [-0.15, -0.1) is 0 Å². The van der Waals surface area contributed by atoms with Crippen LogP contribution in [0.2, 0.25) is 0 Å². The highest BCUT2D eigenvalue weighted by atomic mass is 19.1. The van der Waals surface area contributed by atoms with Crippen molar-refractivity contribution in [2.24, 2.45) is 5.73 Å². The van der Waals surface area contributed by atoms with Crippen molar-refractivity contribution in [3.8, 4) is 5.75 Å². The number of nitrogens with one attached hydrogen (secondary N) is 1. The molecule has 2 fully saturated rings. The van der Waals surface area contributed by atoms with Crippen LogP contribution in [0.15, 0.2) is 18.5 Å². The van der Waals surface area contributed by atoms with Gasteiger partial charge in [0.15, 0.2) is 0 Å². The zero-order valence-corrected chi connectivity index (χ0v) is 13.8. The SMILES string of the molecule is COc1cc2c(N3C[C@H]4NC(=O)O[C@H]4C3CF)ncnc2cc1C(N)=O. The van der Waals surface area contributed by atoms with Crippen molar-refractivity contribution in [3.63, 3.8) is 0 Å². The minimum atomic E-state index is -0.710. The molecule has 0 aliphatic carbocycles. The van der Waals surface area contributed by atoms with Gasteiger partial charge in [-0.2, -0.15) is 0 Å². The van der Waals surface area contributed by atoms with Gasteiger partial charge >= 0.3 is 6.09 Å². The summed E-state index contributed by atoms with van der Waals surface area (Å²) in [4.78, 5) is 33.2. The van der Waals surface area contributed by atoms with Crippen LogP contribution < -0.4 is 20.7 Å². The molecule has 4 rings (SSSR count). The quantitative estimate of drug-likeness (QED) is 0.807. The number of alkyl carbamates (subject to hydrolysis) is 1. The highest BCUT2D eigenvalue weighted by molar-refractivity contribution is 6.02. The number of nitrogens with zero attached hydrogens (tertiary/aromatic N) is 3. The van der Waals surface area contributed by atoms with Crippen molar-refractivity contribution in [2.75, 3.05) is 25.2 Å². The van der Waals surface area contributed by atoms with E-state index in [1.807, 2.05) is 0 Å². The smallest absolute Gasteiger partial charge is 0.407 e. The van der Waals surface area contributed by atoms with Crippen LogP contribution in [0.1, 0.15) is 10.4 Å². The monoisotopic (exact) mass is 361 g/mol. The van der Waals surface area contributed by atoms with Crippen molar-refractivity contribution in [1.82, 2.24) is 15.3 Å². The zero-order chi connectivity index (χ0) is 18.4. The number of benzene rings is 1. The molecule has 2 saturated heterocycles. The van der Waals surface area contributed by atoms with Crippen molar-refractivity contribution in [3.05, 3.63) is 24.0 Å². The van der Waals surface area contributed by atoms with E-state index < -0.39 is 30.8 Å². The van der Waals surface area contributed by atoms with Gasteiger partial charge in [-0.05, 0) is 12.1 Å². The van der Waals surface area contributed by atoms with Crippen LogP contribution in [0.4, 0.5) is 15.0 Å². The molecule has 3 atom stereocenters. The van der Waals surface area contributed by atoms with E-state index in [0.717, 1.165) is 0 Å². The lowest BCUT2D eigenvalue weighted by atomic mass is 10.1. The topological polar surface area (TPSA) is 120 Å². The maximum atomic E-state index is 13.7. The number of nitrogens with two attached hydrogens (primary N) is 1. The first-order valence-corrected chi connectivity index (χ1v) is 7.95. The summed E-state index contributed by atoms with van der Waals surface area (Å²) < 4.78 is 24.2. The lowest BCUT2D eigenvalue weighted by Crippen LogP contribution is -2.39. The van der Waals surface area contributed by atoms with Gasteiger partial charge in [0, 0.05) is 11.9 Å². The zero-order valence-electron chi connectivity index (χ0n) is 13.8. The standard InChI is InChI=1S/C16H16FN5O4/c1-25-12-3-7-9(2-8(12)14(18)23)19-6-20-15(7)22-5-10-13(11(22)4-17)26-16(24)21-10/h2-3,6,10-11,13H,4-5H2,1H3,(H2,18,23)(H,21,24)/t10-,11?,13-/m1/s1. The summed E-state index contributed by atoms with van der Waals surface area (Å²) in [6.45, 7) is -0.366. The first kappa shape index (κ1) is 16.3. The number of halogens is 1. The fourth-order valence-electron chi connectivity index (χ4n) is 3.57. The number of amides is 2. The summed E-state index contributed by atoms with van der Waals surface area (Å²) in [5.41, 5.74) is 6.05. The van der Waals surface area contributed by atoms with Gasteiger partial charge in [-0.25, -0.2) is 19.2 Å². The largest absolute Gasteiger partial charge is 0.496 e. The molecule has 10 heteroatoms. The van der Waals surface area contributed by atoms with Crippen molar-refractivity contribution in [1.29, 1.82) is 0 Å². The minimum Gasteiger partial charge on any atom is -0.496 e. The number of hydrogen-bond donors (Lipinski definition) is 2. The Bertz CT molecular complexity index is 908. The molecule has 1 aromatic heterocycles. The van der Waals surface area contributed by atoms with Gasteiger partial charge in [0.05, 0.1) is 30.3 Å². The Morgan fingerprint density at radius 2 is 2.31 bits per heavy atom. The van der Waals surface area contributed by atoms with E-state index in [1.165, 1.54) is 19.5 Å². The number of methoxy groups -OCH3 is 1. The Labute approximate surface area is 147 Å². The lowest BCUT2D eigenvalue weighted by molar-refractivity contribution is 0.0997. The summed E-state index contributed by atoms with van der Waals surface area (Å²) >= 11 is 0. The molecular weight excluding hydrogens is 345 g/mol. The molecule has 3 N–H and O–H groups in total. The predicted molar refractivity (Wildman–Crippen MR) is 88.9 cm³/mol. The van der Waals surface area contributed by atoms with Crippen molar-refractivity contribution >= 4 is 28.7 Å². The Morgan fingerprint density at radius 1 is 1.50 bits per heavy atom. The fourth-order valence-corrected chi connectivity index (χ4v) is 3.57. The molecule has 0 radical (unpaired) electrons. The van der Waals surface area contributed by atoms with Gasteiger partial charge in [-0.1, -0.05) is 0 Å². The number of alkyl halides is 1. The number of carbonyl (C=O) groups is 2. The number of primary amides is 1. The summed E-state index contributed by atoms with van der Waals surface area (Å²) in [6, 6.07) is 2.13. The van der Waals surface area contributed by atoms with Crippen LogP contribution in [0.3, 0.4) is 0 Å². The molecule has 0 saturated carbocycles. The van der Waals surface area contributed by atoms with Gasteiger partial charge in [0.2, 0.25) is 0 Å². The number of hydrogen-bond acceptors (Lipinski definition) is 7. The van der Waals surface area contributed by atoms with Crippen LogP contribution in [0.5, 0.6) is 5.75 Å². The second-order valence-corrected chi connectivity index (χ2v) is 6.13. The van der Waals surface area contributed by atoms with Crippen molar-refractivity contribution < 1.29 is 23.5 Å². The molecule has 26 heavy (non-hydrogen) atoms. The molecule has 2 aliphatic rings. The average molecular weight is 361 g/mol. The second-order valence-electron chi connectivity index (χ2n) is 6.13. The minimum absolute atomic E-state index is 0.195. The first-order chi connectivity index (χ1) is 12.5. The summed E-state index contributed by atoms with van der Waals surface area (Å²) in [5, 5.41) is 3.26. The normalized spacial score (nSPS) is 24.3. The van der Waals surface area contributed by atoms with Crippen LogP contribution in [-0.4, -0.2) is 60.5 Å². The summed E-state index contributed by atoms with van der Waals surface area (Å²) in [5.74, 6) is 0.110. The summed E-state index contributed by atoms with van der Waals surface area (Å²) in [7, 11) is 1.42. The third kappa shape index (κ3) is 2.37. The lowest BCUT2D eigenvalue weighted by Gasteiger charge is -2.26. The molecule has 2 aromatic rings. The van der Waals surface area contributed by atoms with Gasteiger partial charge in [0.1, 0.15) is 30.7 Å². The Balaban J connectivity index is 1.82. The fraction of sp³-hybridized carbons (Fsp3) is 0.375. The highest BCUT2D eigenvalue weighted by Crippen LogP contribution is 2.35. The molecule has 1 aromatic carbocycles. The second kappa shape index (κ2) is 5.97. The van der Waals surface area contributed by atoms with Gasteiger partial charge < -0.3 is 25.4 Å². The number of ether oxygens (including phenoxy) is 2. The molecule has 136 valence electrons. The molecule has 9 nitrogen and oxygen atoms in total. The van der Waals surface area contributed by atoms with Crippen LogP contribution in [0, 0.1) is 0 Å². The molecule has 1 unspecified atom stereocenters. The number of carbonyl (C=O) groups excluding carboxylic acids is 2. The van der Waals surface area contributed by atoms with Crippen LogP contribution in [0.25, 0.3) is 10.9 Å². The van der Waals surface area contributed by atoms with E-state index in [-0.39, 0.29) is 17.4 Å². The molecule has 3 heterocycles. The molecule has 2 amide bonds. The molecule has 0 spiro atoms. The first-order valence-electron chi connectivity index (χ1n) is 7.95. The number of fused-ring (bicyclic) bond motifs is 2. The molecule has 0 bridgehead atoms. The highest BCUT2D eigenvalue weighted by Gasteiger charge is 2.50. The van der Waals surface area contributed by atoms with E-state index >= 15 is 0 Å². The van der Waals surface area contributed by atoms with E-state index in [0.29, 0.717) is 23.3 Å². The maximum Gasteiger partial charge on any atom is 0.407 e. The molecule has 2 aliphatic heterocycles. The Kier molecular flexibility index (Phi) is 3.74. The Morgan fingerprint density at radius 3 is 3.00 bits per heavy atom.